The van der Waals surface area contributed by atoms with E-state index >= 15 is 0 Å². The number of fused-ring (bicyclic) bond motifs is 2. The maximum absolute atomic E-state index is 11.5. The Morgan fingerprint density at radius 2 is 1.75 bits per heavy atom. The van der Waals surface area contributed by atoms with Gasteiger partial charge >= 0.3 is 0 Å². The number of nitrogens with one attached hydrogen (secondary N) is 1. The van der Waals surface area contributed by atoms with Gasteiger partial charge in [-0.05, 0) is 29.2 Å². The van der Waals surface area contributed by atoms with Crippen LogP contribution in [-0.2, 0) is 11.2 Å². The molecule has 0 amide bonds. The van der Waals surface area contributed by atoms with Crippen LogP contribution in [-0.4, -0.2) is 11.3 Å². The molecule has 0 saturated carbocycles. The van der Waals surface area contributed by atoms with E-state index in [-0.39, 0.29) is 0 Å². The van der Waals surface area contributed by atoms with E-state index < -0.39 is 0 Å². The second kappa shape index (κ2) is 4.20. The summed E-state index contributed by atoms with van der Waals surface area (Å²) in [5.74, 6) is 0. The summed E-state index contributed by atoms with van der Waals surface area (Å²) in [6, 6.07) is 16.3. The average molecular weight is 259 g/mol. The van der Waals surface area contributed by atoms with Gasteiger partial charge in [-0.2, -0.15) is 0 Å². The van der Waals surface area contributed by atoms with E-state index in [1.54, 1.807) is 0 Å². The standard InChI is InChI=1S/C18H13NO/c20-11-17-13-6-2-1-5-12(13)9-15(17)16-10-19-18-8-4-3-7-14(16)18/h1-8,10-11,19H,9H2. The van der Waals surface area contributed by atoms with Gasteiger partial charge in [0, 0.05) is 28.2 Å². The van der Waals surface area contributed by atoms with E-state index in [9.17, 15) is 4.79 Å². The first-order valence-electron chi connectivity index (χ1n) is 6.71. The van der Waals surface area contributed by atoms with Gasteiger partial charge in [-0.15, -0.1) is 0 Å². The molecule has 0 atom stereocenters. The van der Waals surface area contributed by atoms with Crippen LogP contribution < -0.4 is 0 Å². The second-order valence-corrected chi connectivity index (χ2v) is 5.09. The van der Waals surface area contributed by atoms with Crippen LogP contribution in [0.3, 0.4) is 0 Å². The summed E-state index contributed by atoms with van der Waals surface area (Å²) in [5, 5.41) is 1.18. The molecule has 4 rings (SSSR count). The molecule has 1 N–H and O–H groups in total. The molecule has 20 heavy (non-hydrogen) atoms. The van der Waals surface area contributed by atoms with Gasteiger partial charge in [-0.1, -0.05) is 42.5 Å². The molecule has 0 aliphatic heterocycles. The van der Waals surface area contributed by atoms with Gasteiger partial charge in [-0.25, -0.2) is 0 Å². The van der Waals surface area contributed by atoms with Gasteiger partial charge < -0.3 is 4.98 Å². The molecule has 1 heterocycles. The van der Waals surface area contributed by atoms with Crippen LogP contribution >= 0.6 is 0 Å². The second-order valence-electron chi connectivity index (χ2n) is 5.09. The molecular weight excluding hydrogens is 246 g/mol. The van der Waals surface area contributed by atoms with E-state index in [1.807, 2.05) is 36.5 Å². The molecule has 2 aromatic carbocycles. The number of aromatic nitrogens is 1. The molecule has 2 nitrogen and oxygen atoms in total. The molecule has 0 saturated heterocycles. The van der Waals surface area contributed by atoms with E-state index in [2.05, 4.69) is 23.2 Å². The number of benzene rings is 2. The fourth-order valence-corrected chi connectivity index (χ4v) is 3.08. The molecule has 0 fully saturated rings. The maximum Gasteiger partial charge on any atom is 0.150 e. The lowest BCUT2D eigenvalue weighted by Gasteiger charge is -2.01. The van der Waals surface area contributed by atoms with Crippen molar-refractivity contribution in [2.24, 2.45) is 0 Å². The Hall–Kier alpha value is -2.61. The third-order valence-corrected chi connectivity index (χ3v) is 4.03. The molecule has 1 aromatic heterocycles. The number of carbonyl (C=O) groups excluding carboxylic acids is 1. The molecule has 2 heteroatoms. The summed E-state index contributed by atoms with van der Waals surface area (Å²) in [4.78, 5) is 14.8. The van der Waals surface area contributed by atoms with Crippen LogP contribution in [0.1, 0.15) is 16.7 Å². The third-order valence-electron chi connectivity index (χ3n) is 4.03. The molecule has 0 radical (unpaired) electrons. The summed E-state index contributed by atoms with van der Waals surface area (Å²) < 4.78 is 0. The van der Waals surface area contributed by atoms with E-state index in [1.165, 1.54) is 10.9 Å². The highest BCUT2D eigenvalue weighted by molar-refractivity contribution is 6.22. The largest absolute Gasteiger partial charge is 0.361 e. The maximum atomic E-state index is 11.5. The smallest absolute Gasteiger partial charge is 0.150 e. The zero-order chi connectivity index (χ0) is 13.5. The van der Waals surface area contributed by atoms with Crippen LogP contribution in [0, 0.1) is 0 Å². The quantitative estimate of drug-likeness (QED) is 0.697. The SMILES string of the molecule is O=CC1=C(c2c[nH]c3ccccc23)Cc2ccccc21. The van der Waals surface area contributed by atoms with Crippen molar-refractivity contribution in [1.29, 1.82) is 0 Å². The van der Waals surface area contributed by atoms with Crippen LogP contribution in [0.4, 0.5) is 0 Å². The molecule has 1 aliphatic rings. The van der Waals surface area contributed by atoms with Crippen LogP contribution in [0.5, 0.6) is 0 Å². The minimum Gasteiger partial charge on any atom is -0.361 e. The van der Waals surface area contributed by atoms with Gasteiger partial charge in [0.1, 0.15) is 0 Å². The summed E-state index contributed by atoms with van der Waals surface area (Å²) in [6.07, 6.45) is 3.82. The van der Waals surface area contributed by atoms with E-state index in [0.29, 0.717) is 0 Å². The minimum absolute atomic E-state index is 0.824. The van der Waals surface area contributed by atoms with Crippen LogP contribution in [0.2, 0.25) is 0 Å². The number of hydrogen-bond donors (Lipinski definition) is 1. The fourth-order valence-electron chi connectivity index (χ4n) is 3.08. The average Bonchev–Trinajstić information content (AvgIpc) is 3.07. The molecule has 96 valence electrons. The number of aldehydes is 1. The van der Waals surface area contributed by atoms with Gasteiger partial charge in [-0.3, -0.25) is 4.79 Å². The lowest BCUT2D eigenvalue weighted by molar-refractivity contribution is -0.103. The molecular formula is C18H13NO. The van der Waals surface area contributed by atoms with Gasteiger partial charge in [0.2, 0.25) is 0 Å². The summed E-state index contributed by atoms with van der Waals surface area (Å²) in [6.45, 7) is 0. The zero-order valence-electron chi connectivity index (χ0n) is 10.9. The number of para-hydroxylation sites is 1. The zero-order valence-corrected chi connectivity index (χ0v) is 10.9. The van der Waals surface area contributed by atoms with Crippen molar-refractivity contribution < 1.29 is 4.79 Å². The van der Waals surface area contributed by atoms with Gasteiger partial charge in [0.15, 0.2) is 6.29 Å². The Labute approximate surface area is 116 Å². The highest BCUT2D eigenvalue weighted by Crippen LogP contribution is 2.39. The Balaban J connectivity index is 1.97. The number of aromatic amines is 1. The molecule has 0 bridgehead atoms. The Kier molecular flexibility index (Phi) is 2.36. The topological polar surface area (TPSA) is 32.9 Å². The predicted molar refractivity (Wildman–Crippen MR) is 81.3 cm³/mol. The van der Waals surface area contributed by atoms with Crippen molar-refractivity contribution in [3.8, 4) is 0 Å². The van der Waals surface area contributed by atoms with Crippen molar-refractivity contribution in [3.63, 3.8) is 0 Å². The summed E-state index contributed by atoms with van der Waals surface area (Å²) >= 11 is 0. The molecule has 3 aromatic rings. The Morgan fingerprint density at radius 1 is 0.950 bits per heavy atom. The lowest BCUT2D eigenvalue weighted by Crippen LogP contribution is -1.86. The number of hydrogen-bond acceptors (Lipinski definition) is 1. The summed E-state index contributed by atoms with van der Waals surface area (Å²) in [5.41, 5.74) is 6.50. The van der Waals surface area contributed by atoms with Crippen molar-refractivity contribution in [3.05, 3.63) is 71.4 Å². The van der Waals surface area contributed by atoms with E-state index in [0.717, 1.165) is 40.5 Å². The first-order chi connectivity index (χ1) is 9.88. The van der Waals surface area contributed by atoms with Gasteiger partial charge in [0.25, 0.3) is 0 Å². The Morgan fingerprint density at radius 3 is 2.65 bits per heavy atom. The van der Waals surface area contributed by atoms with Crippen LogP contribution in [0.15, 0.2) is 54.7 Å². The number of rotatable bonds is 2. The van der Waals surface area contributed by atoms with Gasteiger partial charge in [0.05, 0.1) is 0 Å². The monoisotopic (exact) mass is 259 g/mol. The first kappa shape index (κ1) is 11.2. The molecule has 0 spiro atoms. The van der Waals surface area contributed by atoms with Crippen molar-refractivity contribution in [1.82, 2.24) is 4.98 Å². The highest BCUT2D eigenvalue weighted by Gasteiger charge is 2.23. The highest BCUT2D eigenvalue weighted by atomic mass is 16.1. The number of H-pyrrole nitrogens is 1. The Bertz CT molecular complexity index is 854. The normalized spacial score (nSPS) is 13.8. The molecule has 0 unspecified atom stereocenters. The molecule has 1 aliphatic carbocycles. The van der Waals surface area contributed by atoms with Crippen molar-refractivity contribution in [2.75, 3.05) is 0 Å². The summed E-state index contributed by atoms with van der Waals surface area (Å²) in [7, 11) is 0. The van der Waals surface area contributed by atoms with Crippen molar-refractivity contribution in [2.45, 2.75) is 6.42 Å². The van der Waals surface area contributed by atoms with Crippen molar-refractivity contribution >= 4 is 28.3 Å². The van der Waals surface area contributed by atoms with E-state index in [4.69, 9.17) is 0 Å². The predicted octanol–water partition coefficient (Wildman–Crippen LogP) is 3.83. The number of allylic oxidation sites excluding steroid dienone is 2. The third kappa shape index (κ3) is 1.48. The lowest BCUT2D eigenvalue weighted by atomic mass is 10.0. The minimum atomic E-state index is 0.824. The fraction of sp³-hybridized carbons (Fsp3) is 0.0556. The first-order valence-corrected chi connectivity index (χ1v) is 6.71. The van der Waals surface area contributed by atoms with Crippen LogP contribution in [0.25, 0.3) is 22.0 Å². The number of carbonyl (C=O) groups is 1.